The van der Waals surface area contributed by atoms with E-state index in [-0.39, 0.29) is 37.9 Å². The molecule has 2 aliphatic rings. The number of nitrogens with zero attached hydrogens (tertiary/aromatic N) is 2. The molecule has 7 heteroatoms. The van der Waals surface area contributed by atoms with Crippen LogP contribution in [0, 0.1) is 0 Å². The van der Waals surface area contributed by atoms with Gasteiger partial charge in [0, 0.05) is 13.0 Å². The van der Waals surface area contributed by atoms with Gasteiger partial charge in [0.05, 0.1) is 24.0 Å². The van der Waals surface area contributed by atoms with E-state index in [1.807, 2.05) is 0 Å². The number of hydrogen-bond donors (Lipinski definition) is 1. The van der Waals surface area contributed by atoms with Gasteiger partial charge in [0.15, 0.2) is 0 Å². The molecule has 0 bridgehead atoms. The van der Waals surface area contributed by atoms with Gasteiger partial charge in [-0.1, -0.05) is 12.1 Å². The largest absolute Gasteiger partial charge is 0.465 e. The van der Waals surface area contributed by atoms with Crippen LogP contribution in [0.5, 0.6) is 0 Å². The first-order valence-corrected chi connectivity index (χ1v) is 7.58. The molecule has 1 fully saturated rings. The van der Waals surface area contributed by atoms with Crippen LogP contribution in [0.25, 0.3) is 0 Å². The number of amides is 2. The van der Waals surface area contributed by atoms with E-state index in [0.29, 0.717) is 11.3 Å². The van der Waals surface area contributed by atoms with E-state index in [1.54, 1.807) is 31.2 Å². The van der Waals surface area contributed by atoms with E-state index >= 15 is 0 Å². The van der Waals surface area contributed by atoms with Crippen molar-refractivity contribution in [1.29, 1.82) is 0 Å². The molecule has 3 rings (SSSR count). The highest BCUT2D eigenvalue weighted by molar-refractivity contribution is 6.12. The quantitative estimate of drug-likeness (QED) is 0.803. The van der Waals surface area contributed by atoms with Crippen LogP contribution in [0.2, 0.25) is 0 Å². The Labute approximate surface area is 133 Å². The Bertz CT molecular complexity index is 660. The van der Waals surface area contributed by atoms with E-state index in [2.05, 4.69) is 0 Å². The predicted molar refractivity (Wildman–Crippen MR) is 80.9 cm³/mol. The number of carbonyl (C=O) groups excluding carboxylic acids is 3. The predicted octanol–water partition coefficient (Wildman–Crippen LogP) is 0.172. The average Bonchev–Trinajstić information content (AvgIpc) is 2.90. The summed E-state index contributed by atoms with van der Waals surface area (Å²) < 4.78 is 4.93. The van der Waals surface area contributed by atoms with Gasteiger partial charge >= 0.3 is 5.97 Å². The van der Waals surface area contributed by atoms with Gasteiger partial charge in [0.2, 0.25) is 5.91 Å². The molecule has 7 nitrogen and oxygen atoms in total. The third kappa shape index (κ3) is 2.68. The lowest BCUT2D eigenvalue weighted by Gasteiger charge is -2.24. The van der Waals surface area contributed by atoms with Crippen LogP contribution in [-0.4, -0.2) is 59.6 Å². The molecule has 0 aromatic heterocycles. The summed E-state index contributed by atoms with van der Waals surface area (Å²) in [6.07, 6.45) is -0.555. The zero-order chi connectivity index (χ0) is 16.6. The number of hydrogen-bond acceptors (Lipinski definition) is 5. The Morgan fingerprint density at radius 3 is 2.83 bits per heavy atom. The fraction of sp³-hybridized carbons (Fsp3) is 0.438. The minimum Gasteiger partial charge on any atom is -0.465 e. The monoisotopic (exact) mass is 318 g/mol. The zero-order valence-electron chi connectivity index (χ0n) is 12.8. The molecular weight excluding hydrogens is 300 g/mol. The average molecular weight is 318 g/mol. The van der Waals surface area contributed by atoms with Crippen LogP contribution in [0.4, 0.5) is 5.69 Å². The first kappa shape index (κ1) is 15.5. The van der Waals surface area contributed by atoms with Gasteiger partial charge < -0.3 is 14.7 Å². The van der Waals surface area contributed by atoms with Crippen molar-refractivity contribution in [3.05, 3.63) is 29.8 Å². The topological polar surface area (TPSA) is 87.2 Å². The molecule has 0 spiro atoms. The van der Waals surface area contributed by atoms with Crippen molar-refractivity contribution in [2.45, 2.75) is 25.5 Å². The highest BCUT2D eigenvalue weighted by atomic mass is 16.5. The van der Waals surface area contributed by atoms with Gasteiger partial charge in [-0.25, -0.2) is 0 Å². The van der Waals surface area contributed by atoms with Crippen molar-refractivity contribution in [2.24, 2.45) is 0 Å². The highest BCUT2D eigenvalue weighted by Gasteiger charge is 2.45. The Kier molecular flexibility index (Phi) is 4.04. The minimum atomic E-state index is -0.751. The van der Waals surface area contributed by atoms with E-state index in [9.17, 15) is 19.5 Å². The van der Waals surface area contributed by atoms with Crippen molar-refractivity contribution in [3.63, 3.8) is 0 Å². The van der Waals surface area contributed by atoms with Gasteiger partial charge in [-0.15, -0.1) is 0 Å². The Morgan fingerprint density at radius 1 is 1.35 bits per heavy atom. The molecule has 2 amide bonds. The lowest BCUT2D eigenvalue weighted by Crippen LogP contribution is -2.46. The minimum absolute atomic E-state index is 0.122. The van der Waals surface area contributed by atoms with E-state index in [0.717, 1.165) is 0 Å². The maximum absolute atomic E-state index is 12.8. The number of aliphatic hydroxyl groups excluding tert-OH is 1. The first-order valence-electron chi connectivity index (χ1n) is 7.58. The number of ether oxygens (including phenoxy) is 1. The second-order valence-corrected chi connectivity index (χ2v) is 5.61. The number of aliphatic hydroxyl groups is 1. The van der Waals surface area contributed by atoms with Crippen molar-refractivity contribution in [3.8, 4) is 0 Å². The van der Waals surface area contributed by atoms with Crippen LogP contribution < -0.4 is 4.90 Å². The molecule has 23 heavy (non-hydrogen) atoms. The molecule has 0 aliphatic carbocycles. The number of fused-ring (bicyclic) bond motifs is 2. The number of benzene rings is 1. The Hall–Kier alpha value is -2.41. The van der Waals surface area contributed by atoms with Crippen molar-refractivity contribution in [2.75, 3.05) is 24.6 Å². The second kappa shape index (κ2) is 6.00. The zero-order valence-corrected chi connectivity index (χ0v) is 12.8. The normalized spacial score (nSPS) is 23.4. The number of esters is 1. The fourth-order valence-corrected chi connectivity index (χ4v) is 3.11. The third-order valence-corrected chi connectivity index (χ3v) is 4.11. The molecule has 122 valence electrons. The maximum Gasteiger partial charge on any atom is 0.326 e. The summed E-state index contributed by atoms with van der Waals surface area (Å²) in [5.74, 6) is -1.20. The van der Waals surface area contributed by atoms with E-state index in [4.69, 9.17) is 4.74 Å². The highest BCUT2D eigenvalue weighted by Crippen LogP contribution is 2.32. The Morgan fingerprint density at radius 2 is 2.09 bits per heavy atom. The summed E-state index contributed by atoms with van der Waals surface area (Å²) >= 11 is 0. The third-order valence-electron chi connectivity index (χ3n) is 4.11. The summed E-state index contributed by atoms with van der Waals surface area (Å²) in [6.45, 7) is 1.78. The molecule has 1 saturated heterocycles. The van der Waals surface area contributed by atoms with E-state index in [1.165, 1.54) is 9.80 Å². The lowest BCUT2D eigenvalue weighted by atomic mass is 10.1. The fourth-order valence-electron chi connectivity index (χ4n) is 3.11. The number of anilines is 1. The molecule has 0 saturated carbocycles. The summed E-state index contributed by atoms with van der Waals surface area (Å²) in [6, 6.07) is 5.93. The van der Waals surface area contributed by atoms with Gasteiger partial charge in [0.25, 0.3) is 5.91 Å². The maximum atomic E-state index is 12.8. The smallest absolute Gasteiger partial charge is 0.326 e. The van der Waals surface area contributed by atoms with Gasteiger partial charge in [-0.05, 0) is 19.1 Å². The standard InChI is InChI=1S/C16H18N2O5/c1-2-23-14(20)9-18-12-6-4-3-5-11(12)15(21)17-8-10(19)7-13(17)16(18)22/h3-6,10,13,19H,2,7-9H2,1H3/t10-,13+/m1/s1. The van der Waals surface area contributed by atoms with Crippen LogP contribution in [-0.2, 0) is 14.3 Å². The molecule has 0 unspecified atom stereocenters. The second-order valence-electron chi connectivity index (χ2n) is 5.61. The van der Waals surface area contributed by atoms with Crippen LogP contribution in [0.15, 0.2) is 24.3 Å². The number of rotatable bonds is 3. The summed E-state index contributed by atoms with van der Waals surface area (Å²) in [7, 11) is 0. The Balaban J connectivity index is 2.03. The number of para-hydroxylation sites is 1. The van der Waals surface area contributed by atoms with E-state index < -0.39 is 18.1 Å². The molecule has 1 aromatic rings. The molecule has 2 aliphatic heterocycles. The summed E-state index contributed by atoms with van der Waals surface area (Å²) in [4.78, 5) is 40.0. The lowest BCUT2D eigenvalue weighted by molar-refractivity contribution is -0.142. The van der Waals surface area contributed by atoms with Crippen molar-refractivity contribution in [1.82, 2.24) is 4.90 Å². The molecule has 2 atom stereocenters. The molecule has 2 heterocycles. The molecule has 1 aromatic carbocycles. The summed E-state index contributed by atoms with van der Waals surface area (Å²) in [5, 5.41) is 9.83. The van der Waals surface area contributed by atoms with Crippen LogP contribution in [0.1, 0.15) is 23.7 Å². The van der Waals surface area contributed by atoms with Crippen LogP contribution in [0.3, 0.4) is 0 Å². The van der Waals surface area contributed by atoms with Gasteiger partial charge in [-0.2, -0.15) is 0 Å². The molecule has 1 N–H and O–H groups in total. The number of carbonyl (C=O) groups is 3. The van der Waals surface area contributed by atoms with Crippen molar-refractivity contribution >= 4 is 23.5 Å². The first-order chi connectivity index (χ1) is 11.0. The van der Waals surface area contributed by atoms with Crippen LogP contribution >= 0.6 is 0 Å². The van der Waals surface area contributed by atoms with Crippen molar-refractivity contribution < 1.29 is 24.2 Å². The molecule has 0 radical (unpaired) electrons. The van der Waals surface area contributed by atoms with Gasteiger partial charge in [0.1, 0.15) is 12.6 Å². The SMILES string of the molecule is CCOC(=O)CN1C(=O)[C@@H]2C[C@@H](O)CN2C(=O)c2ccccc21. The van der Waals surface area contributed by atoms with Gasteiger partial charge in [-0.3, -0.25) is 19.3 Å². The molecular formula is C16H18N2O5. The summed E-state index contributed by atoms with van der Waals surface area (Å²) in [5.41, 5.74) is 0.751.